The molecule has 0 radical (unpaired) electrons. The predicted octanol–water partition coefficient (Wildman–Crippen LogP) is 3.41. The Labute approximate surface area is 132 Å². The lowest BCUT2D eigenvalue weighted by atomic mass is 10.0. The van der Waals surface area contributed by atoms with Crippen molar-refractivity contribution in [1.29, 1.82) is 0 Å². The quantitative estimate of drug-likeness (QED) is 0.846. The second-order valence-electron chi connectivity index (χ2n) is 5.78. The Morgan fingerprint density at radius 2 is 2.18 bits per heavy atom. The van der Waals surface area contributed by atoms with Crippen molar-refractivity contribution in [2.45, 2.75) is 39.2 Å². The normalized spacial score (nSPS) is 19.3. The van der Waals surface area contributed by atoms with Gasteiger partial charge in [-0.3, -0.25) is 0 Å². The van der Waals surface area contributed by atoms with Crippen molar-refractivity contribution in [1.82, 2.24) is 5.32 Å². The van der Waals surface area contributed by atoms with Crippen molar-refractivity contribution in [2.75, 3.05) is 25.1 Å². The molecular weight excluding hydrogens is 280 g/mol. The molecule has 0 spiro atoms. The number of urea groups is 1. The molecule has 0 bridgehead atoms. The van der Waals surface area contributed by atoms with Gasteiger partial charge in [0, 0.05) is 18.8 Å². The number of carbonyl (C=O) groups is 1. The van der Waals surface area contributed by atoms with Crippen molar-refractivity contribution in [3.63, 3.8) is 0 Å². The van der Waals surface area contributed by atoms with Gasteiger partial charge < -0.3 is 20.1 Å². The predicted molar refractivity (Wildman–Crippen MR) is 87.4 cm³/mol. The molecule has 1 aliphatic heterocycles. The fraction of sp³-hybridized carbons (Fsp3) is 0.588. The summed E-state index contributed by atoms with van der Waals surface area (Å²) in [7, 11) is 0. The first-order valence-corrected chi connectivity index (χ1v) is 8.06. The molecule has 1 fully saturated rings. The smallest absolute Gasteiger partial charge is 0.319 e. The number of ether oxygens (including phenoxy) is 2. The third-order valence-corrected chi connectivity index (χ3v) is 3.83. The molecule has 0 saturated carbocycles. The Morgan fingerprint density at radius 1 is 1.41 bits per heavy atom. The van der Waals surface area contributed by atoms with Crippen molar-refractivity contribution < 1.29 is 14.3 Å². The maximum Gasteiger partial charge on any atom is 0.319 e. The van der Waals surface area contributed by atoms with Gasteiger partial charge in [0.2, 0.25) is 0 Å². The summed E-state index contributed by atoms with van der Waals surface area (Å²) in [5, 5.41) is 5.73. The van der Waals surface area contributed by atoms with E-state index in [1.807, 2.05) is 31.2 Å². The van der Waals surface area contributed by atoms with Crippen LogP contribution >= 0.6 is 0 Å². The van der Waals surface area contributed by atoms with Crippen molar-refractivity contribution in [3.05, 3.63) is 24.3 Å². The minimum Gasteiger partial charge on any atom is -0.491 e. The molecule has 0 aliphatic carbocycles. The zero-order chi connectivity index (χ0) is 15.8. The molecule has 1 heterocycles. The van der Waals surface area contributed by atoms with E-state index in [2.05, 4.69) is 17.6 Å². The Morgan fingerprint density at radius 3 is 2.82 bits per heavy atom. The molecule has 1 aromatic carbocycles. The lowest BCUT2D eigenvalue weighted by Gasteiger charge is -2.22. The minimum absolute atomic E-state index is 0.179. The molecular formula is C17H26N2O3. The van der Waals surface area contributed by atoms with E-state index < -0.39 is 0 Å². The van der Waals surface area contributed by atoms with Gasteiger partial charge in [0.25, 0.3) is 0 Å². The Balaban J connectivity index is 1.73. The average Bonchev–Trinajstić information content (AvgIpc) is 2.55. The van der Waals surface area contributed by atoms with Crippen molar-refractivity contribution in [3.8, 4) is 5.75 Å². The summed E-state index contributed by atoms with van der Waals surface area (Å²) >= 11 is 0. The van der Waals surface area contributed by atoms with Gasteiger partial charge in [-0.05, 0) is 56.4 Å². The van der Waals surface area contributed by atoms with Gasteiger partial charge in [0.1, 0.15) is 5.75 Å². The van der Waals surface area contributed by atoms with Crippen molar-refractivity contribution in [2.24, 2.45) is 5.92 Å². The Hall–Kier alpha value is -1.75. The summed E-state index contributed by atoms with van der Waals surface area (Å²) in [6.07, 6.45) is 3.35. The summed E-state index contributed by atoms with van der Waals surface area (Å²) < 4.78 is 11.1. The van der Waals surface area contributed by atoms with Crippen LogP contribution < -0.4 is 15.4 Å². The summed E-state index contributed by atoms with van der Waals surface area (Å²) in [6, 6.07) is 7.26. The fourth-order valence-corrected chi connectivity index (χ4v) is 2.31. The maximum atomic E-state index is 11.9. The van der Waals surface area contributed by atoms with Crippen LogP contribution in [0.15, 0.2) is 24.3 Å². The van der Waals surface area contributed by atoms with Crippen LogP contribution in [0.3, 0.4) is 0 Å². The first-order valence-electron chi connectivity index (χ1n) is 8.06. The molecule has 2 N–H and O–H groups in total. The van der Waals surface area contributed by atoms with E-state index in [4.69, 9.17) is 9.47 Å². The zero-order valence-corrected chi connectivity index (χ0v) is 13.4. The summed E-state index contributed by atoms with van der Waals surface area (Å²) in [5.41, 5.74) is 0.758. The van der Waals surface area contributed by atoms with Gasteiger partial charge in [0.15, 0.2) is 0 Å². The van der Waals surface area contributed by atoms with Gasteiger partial charge in [-0.15, -0.1) is 0 Å². The van der Waals surface area contributed by atoms with Crippen molar-refractivity contribution >= 4 is 11.7 Å². The molecule has 22 heavy (non-hydrogen) atoms. The number of anilines is 1. The standard InChI is InChI=1S/C17H26N2O3/c1-3-13(2)22-16-8-6-15(7-9-16)19-17(20)18-11-14-5-4-10-21-12-14/h6-9,13-14H,3-5,10-12H2,1-2H3,(H2,18,19,20)/t13-,14+/m1/s1. The number of hydrogen-bond acceptors (Lipinski definition) is 3. The molecule has 2 atom stereocenters. The Bertz CT molecular complexity index is 455. The largest absolute Gasteiger partial charge is 0.491 e. The van der Waals surface area contributed by atoms with Crippen LogP contribution in [0, 0.1) is 5.92 Å². The van der Waals surface area contributed by atoms with Crippen LogP contribution in [-0.2, 0) is 4.74 Å². The summed E-state index contributed by atoms with van der Waals surface area (Å²) in [6.45, 7) is 6.35. The van der Waals surface area contributed by atoms with E-state index in [1.165, 1.54) is 0 Å². The van der Waals surface area contributed by atoms with Crippen LogP contribution in [0.4, 0.5) is 10.5 Å². The highest BCUT2D eigenvalue weighted by Gasteiger charge is 2.14. The number of amides is 2. The first-order chi connectivity index (χ1) is 10.7. The van der Waals surface area contributed by atoms with E-state index in [0.29, 0.717) is 12.5 Å². The number of nitrogens with one attached hydrogen (secondary N) is 2. The highest BCUT2D eigenvalue weighted by atomic mass is 16.5. The lowest BCUT2D eigenvalue weighted by molar-refractivity contribution is 0.0559. The number of carbonyl (C=O) groups excluding carboxylic acids is 1. The van der Waals surface area contributed by atoms with Gasteiger partial charge in [-0.1, -0.05) is 6.92 Å². The zero-order valence-electron chi connectivity index (χ0n) is 13.4. The highest BCUT2D eigenvalue weighted by molar-refractivity contribution is 5.89. The molecule has 1 aromatic rings. The van der Waals surface area contributed by atoms with E-state index in [0.717, 1.165) is 43.9 Å². The number of benzene rings is 1. The second-order valence-corrected chi connectivity index (χ2v) is 5.78. The van der Waals surface area contributed by atoms with Crippen LogP contribution in [0.25, 0.3) is 0 Å². The molecule has 2 amide bonds. The molecule has 0 aromatic heterocycles. The molecule has 0 unspecified atom stereocenters. The topological polar surface area (TPSA) is 59.6 Å². The van der Waals surface area contributed by atoms with Gasteiger partial charge in [-0.25, -0.2) is 4.79 Å². The molecule has 5 heteroatoms. The SMILES string of the molecule is CC[C@@H](C)Oc1ccc(NC(=O)NC[C@@H]2CCCOC2)cc1. The van der Waals surface area contributed by atoms with Crippen LogP contribution in [-0.4, -0.2) is 31.9 Å². The van der Waals surface area contributed by atoms with Crippen LogP contribution in [0.1, 0.15) is 33.1 Å². The third kappa shape index (κ3) is 5.56. The molecule has 122 valence electrons. The number of rotatable bonds is 6. The maximum absolute atomic E-state index is 11.9. The van der Waals surface area contributed by atoms with Crippen LogP contribution in [0.5, 0.6) is 5.75 Å². The second kappa shape index (κ2) is 8.63. The van der Waals surface area contributed by atoms with Gasteiger partial charge in [-0.2, -0.15) is 0 Å². The molecule has 1 saturated heterocycles. The van der Waals surface area contributed by atoms with Crippen LogP contribution in [0.2, 0.25) is 0 Å². The molecule has 5 nitrogen and oxygen atoms in total. The van der Waals surface area contributed by atoms with E-state index in [9.17, 15) is 4.79 Å². The van der Waals surface area contributed by atoms with E-state index >= 15 is 0 Å². The molecule has 2 rings (SSSR count). The number of hydrogen-bond donors (Lipinski definition) is 2. The lowest BCUT2D eigenvalue weighted by Crippen LogP contribution is -2.35. The monoisotopic (exact) mass is 306 g/mol. The third-order valence-electron chi connectivity index (χ3n) is 3.83. The summed E-state index contributed by atoms with van der Waals surface area (Å²) in [5.74, 6) is 1.24. The molecule has 1 aliphatic rings. The van der Waals surface area contributed by atoms with E-state index in [1.54, 1.807) is 0 Å². The fourth-order valence-electron chi connectivity index (χ4n) is 2.31. The average molecular weight is 306 g/mol. The highest BCUT2D eigenvalue weighted by Crippen LogP contribution is 2.17. The van der Waals surface area contributed by atoms with E-state index in [-0.39, 0.29) is 12.1 Å². The van der Waals surface area contributed by atoms with Gasteiger partial charge >= 0.3 is 6.03 Å². The Kier molecular flexibility index (Phi) is 6.52. The van der Waals surface area contributed by atoms with Gasteiger partial charge in [0.05, 0.1) is 12.7 Å². The minimum atomic E-state index is -0.179. The summed E-state index contributed by atoms with van der Waals surface area (Å²) in [4.78, 5) is 11.9. The first kappa shape index (κ1) is 16.6.